The number of nitrogen functional groups attached to an aromatic ring is 2. The van der Waals surface area contributed by atoms with E-state index in [0.29, 0.717) is 10.0 Å². The quantitative estimate of drug-likeness (QED) is 0.498. The van der Waals surface area contributed by atoms with Crippen LogP contribution in [0.1, 0.15) is 22.6 Å². The van der Waals surface area contributed by atoms with E-state index in [2.05, 4.69) is 0 Å². The molecule has 4 N–H and O–H groups in total. The van der Waals surface area contributed by atoms with Gasteiger partial charge in [0, 0.05) is 32.9 Å². The Labute approximate surface area is 145 Å². The summed E-state index contributed by atoms with van der Waals surface area (Å²) in [7, 11) is 0. The van der Waals surface area contributed by atoms with Gasteiger partial charge in [-0.2, -0.15) is 0 Å². The minimum Gasteiger partial charge on any atom is -0.399 e. The van der Waals surface area contributed by atoms with Crippen LogP contribution in [0.4, 0.5) is 11.4 Å². The maximum absolute atomic E-state index is 6.45. The van der Waals surface area contributed by atoms with Crippen molar-refractivity contribution >= 4 is 34.6 Å². The molecular weight excluding hydrogens is 327 g/mol. The van der Waals surface area contributed by atoms with E-state index in [1.54, 1.807) is 0 Å². The second-order valence-electron chi connectivity index (χ2n) is 5.40. The number of nitrogens with two attached hydrogens (primary N) is 2. The monoisotopic (exact) mass is 342 g/mol. The Morgan fingerprint density at radius 2 is 1.00 bits per heavy atom. The van der Waals surface area contributed by atoms with Crippen molar-refractivity contribution in [3.05, 3.63) is 93.5 Å². The van der Waals surface area contributed by atoms with Crippen LogP contribution in [0.3, 0.4) is 0 Å². The average Bonchev–Trinajstić information content (AvgIpc) is 2.53. The summed E-state index contributed by atoms with van der Waals surface area (Å²) in [6.07, 6.45) is 0. The van der Waals surface area contributed by atoms with Crippen LogP contribution in [0.15, 0.2) is 66.7 Å². The highest BCUT2D eigenvalue weighted by Gasteiger charge is 2.22. The number of benzene rings is 3. The van der Waals surface area contributed by atoms with E-state index < -0.39 is 0 Å². The van der Waals surface area contributed by atoms with Gasteiger partial charge in [0.05, 0.1) is 0 Å². The molecule has 0 radical (unpaired) electrons. The molecule has 3 rings (SSSR count). The third-order valence-electron chi connectivity index (χ3n) is 3.83. The average molecular weight is 343 g/mol. The van der Waals surface area contributed by atoms with Crippen LogP contribution < -0.4 is 11.5 Å². The molecule has 0 heterocycles. The van der Waals surface area contributed by atoms with E-state index in [0.717, 1.165) is 28.1 Å². The molecule has 0 aliphatic heterocycles. The Morgan fingerprint density at radius 1 is 0.609 bits per heavy atom. The van der Waals surface area contributed by atoms with Gasteiger partial charge in [0.25, 0.3) is 0 Å². The molecule has 23 heavy (non-hydrogen) atoms. The summed E-state index contributed by atoms with van der Waals surface area (Å²) >= 11 is 12.9. The van der Waals surface area contributed by atoms with Gasteiger partial charge in [0.1, 0.15) is 0 Å². The molecule has 0 fully saturated rings. The molecule has 4 heteroatoms. The van der Waals surface area contributed by atoms with Gasteiger partial charge in [-0.3, -0.25) is 0 Å². The summed E-state index contributed by atoms with van der Waals surface area (Å²) < 4.78 is 0. The van der Waals surface area contributed by atoms with Gasteiger partial charge in [-0.1, -0.05) is 53.5 Å². The predicted molar refractivity (Wildman–Crippen MR) is 99.1 cm³/mol. The number of rotatable bonds is 3. The van der Waals surface area contributed by atoms with Crippen molar-refractivity contribution in [1.29, 1.82) is 0 Å². The third-order valence-corrected chi connectivity index (χ3v) is 4.49. The lowest BCUT2D eigenvalue weighted by Crippen LogP contribution is -2.05. The molecule has 0 saturated carbocycles. The highest BCUT2D eigenvalue weighted by molar-refractivity contribution is 6.36. The van der Waals surface area contributed by atoms with Crippen LogP contribution in [0.25, 0.3) is 0 Å². The summed E-state index contributed by atoms with van der Waals surface area (Å²) in [5, 5.41) is 1.27. The molecule has 3 aromatic rings. The highest BCUT2D eigenvalue weighted by atomic mass is 35.5. The van der Waals surface area contributed by atoms with E-state index in [-0.39, 0.29) is 5.92 Å². The first-order chi connectivity index (χ1) is 11.1. The Hall–Kier alpha value is -2.16. The van der Waals surface area contributed by atoms with E-state index in [9.17, 15) is 0 Å². The highest BCUT2D eigenvalue weighted by Crippen LogP contribution is 2.40. The topological polar surface area (TPSA) is 52.0 Å². The van der Waals surface area contributed by atoms with Gasteiger partial charge >= 0.3 is 0 Å². The summed E-state index contributed by atoms with van der Waals surface area (Å²) in [6, 6.07) is 21.0. The second kappa shape index (κ2) is 6.53. The summed E-state index contributed by atoms with van der Waals surface area (Å²) in [6.45, 7) is 0. The van der Waals surface area contributed by atoms with Crippen LogP contribution in [0.5, 0.6) is 0 Å². The number of hydrogen-bond donors (Lipinski definition) is 2. The molecule has 0 atom stereocenters. The summed E-state index contributed by atoms with van der Waals surface area (Å²) in [5.74, 6) is -0.0857. The maximum Gasteiger partial charge on any atom is 0.0462 e. The molecular formula is C19H16Cl2N2. The van der Waals surface area contributed by atoms with Crippen molar-refractivity contribution in [2.24, 2.45) is 0 Å². The first kappa shape index (κ1) is 15.7. The van der Waals surface area contributed by atoms with Gasteiger partial charge in [-0.15, -0.1) is 0 Å². The number of hydrogen-bond acceptors (Lipinski definition) is 2. The maximum atomic E-state index is 6.45. The van der Waals surface area contributed by atoms with Crippen molar-refractivity contribution in [2.75, 3.05) is 11.5 Å². The minimum atomic E-state index is -0.0857. The second-order valence-corrected chi connectivity index (χ2v) is 6.22. The van der Waals surface area contributed by atoms with Crippen molar-refractivity contribution in [3.63, 3.8) is 0 Å². The Morgan fingerprint density at radius 3 is 1.39 bits per heavy atom. The van der Waals surface area contributed by atoms with Gasteiger partial charge < -0.3 is 11.5 Å². The van der Waals surface area contributed by atoms with Crippen molar-refractivity contribution in [1.82, 2.24) is 0 Å². The van der Waals surface area contributed by atoms with Gasteiger partial charge in [0.15, 0.2) is 0 Å². The Kier molecular flexibility index (Phi) is 4.46. The van der Waals surface area contributed by atoms with Crippen molar-refractivity contribution < 1.29 is 0 Å². The fourth-order valence-corrected chi connectivity index (χ4v) is 3.30. The summed E-state index contributed by atoms with van der Waals surface area (Å²) in [5.41, 5.74) is 16.1. The lowest BCUT2D eigenvalue weighted by atomic mass is 9.85. The van der Waals surface area contributed by atoms with Crippen LogP contribution in [0.2, 0.25) is 10.0 Å². The van der Waals surface area contributed by atoms with Gasteiger partial charge in [-0.25, -0.2) is 0 Å². The lowest BCUT2D eigenvalue weighted by molar-refractivity contribution is 0.978. The van der Waals surface area contributed by atoms with Crippen LogP contribution in [-0.4, -0.2) is 0 Å². The van der Waals surface area contributed by atoms with Crippen LogP contribution in [-0.2, 0) is 0 Å². The number of anilines is 2. The summed E-state index contributed by atoms with van der Waals surface area (Å²) in [4.78, 5) is 0. The van der Waals surface area contributed by atoms with Crippen molar-refractivity contribution in [3.8, 4) is 0 Å². The molecule has 0 amide bonds. The molecule has 3 aromatic carbocycles. The zero-order valence-corrected chi connectivity index (χ0v) is 13.9. The van der Waals surface area contributed by atoms with Crippen molar-refractivity contribution in [2.45, 2.75) is 5.92 Å². The van der Waals surface area contributed by atoms with E-state index >= 15 is 0 Å². The molecule has 0 saturated heterocycles. The molecule has 2 nitrogen and oxygen atoms in total. The third kappa shape index (κ3) is 3.29. The fourth-order valence-electron chi connectivity index (χ4n) is 2.69. The minimum absolute atomic E-state index is 0.0857. The van der Waals surface area contributed by atoms with E-state index in [1.165, 1.54) is 0 Å². The molecule has 0 bridgehead atoms. The SMILES string of the molecule is Nc1ccc(C(c2ccc(N)cc2)c2c(Cl)cccc2Cl)cc1. The fraction of sp³-hybridized carbons (Fsp3) is 0.0526. The lowest BCUT2D eigenvalue weighted by Gasteiger charge is -2.21. The molecule has 116 valence electrons. The zero-order chi connectivity index (χ0) is 16.4. The smallest absolute Gasteiger partial charge is 0.0462 e. The standard InChI is InChI=1S/C19H16Cl2N2/c20-16-2-1-3-17(21)19(16)18(12-4-8-14(22)9-5-12)13-6-10-15(23)11-7-13/h1-11,18H,22-23H2. The molecule has 0 aliphatic rings. The largest absolute Gasteiger partial charge is 0.399 e. The zero-order valence-electron chi connectivity index (χ0n) is 12.3. The Balaban J connectivity index is 2.21. The normalized spacial score (nSPS) is 10.9. The number of halogens is 2. The predicted octanol–water partition coefficient (Wildman–Crippen LogP) is 5.34. The first-order valence-electron chi connectivity index (χ1n) is 7.21. The molecule has 0 aromatic heterocycles. The van der Waals surface area contributed by atoms with Gasteiger partial charge in [0.2, 0.25) is 0 Å². The van der Waals surface area contributed by atoms with Crippen LogP contribution >= 0.6 is 23.2 Å². The molecule has 0 spiro atoms. The Bertz CT molecular complexity index is 746. The molecule has 0 aliphatic carbocycles. The molecule has 0 unspecified atom stereocenters. The van der Waals surface area contributed by atoms with Gasteiger partial charge in [-0.05, 0) is 47.5 Å². The van der Waals surface area contributed by atoms with E-state index in [1.807, 2.05) is 66.7 Å². The van der Waals surface area contributed by atoms with E-state index in [4.69, 9.17) is 34.7 Å². The van der Waals surface area contributed by atoms with Crippen LogP contribution in [0, 0.1) is 0 Å². The first-order valence-corrected chi connectivity index (χ1v) is 7.96.